The first-order chi connectivity index (χ1) is 13.2. The number of amides is 1. The van der Waals surface area contributed by atoms with Gasteiger partial charge in [0.1, 0.15) is 0 Å². The number of carbonyl (C=O) groups excluding carboxylic acids is 1. The molecule has 1 aromatic carbocycles. The standard InChI is InChI=1S/C20H22F3N3O2/c21-20(22,23)19(28)10-18(11-19,15-4-2-1-3-5-15)12-24-17(27)13-6-7-14-9-25-26-16(14)8-13/h1-5,9,13,28H,6-8,10-12H2,(H,24,27)(H,25,26). The molecule has 0 bridgehead atoms. The van der Waals surface area contributed by atoms with E-state index in [1.54, 1.807) is 36.5 Å². The van der Waals surface area contributed by atoms with Crippen LogP contribution in [-0.2, 0) is 23.1 Å². The zero-order chi connectivity index (χ0) is 20.0. The van der Waals surface area contributed by atoms with Crippen molar-refractivity contribution in [3.63, 3.8) is 0 Å². The number of fused-ring (bicyclic) bond motifs is 1. The number of aryl methyl sites for hydroxylation is 1. The molecule has 28 heavy (non-hydrogen) atoms. The van der Waals surface area contributed by atoms with Gasteiger partial charge in [0.25, 0.3) is 0 Å². The molecule has 2 aliphatic rings. The molecule has 1 aromatic heterocycles. The van der Waals surface area contributed by atoms with Crippen molar-refractivity contribution in [2.45, 2.75) is 49.3 Å². The van der Waals surface area contributed by atoms with Gasteiger partial charge in [-0.1, -0.05) is 30.3 Å². The molecule has 0 saturated heterocycles. The SMILES string of the molecule is O=C(NCC1(c2ccccc2)CC(O)(C(F)(F)F)C1)C1CCc2cn[nH]c2C1. The molecule has 0 radical (unpaired) electrons. The third-order valence-electron chi connectivity index (χ3n) is 6.17. The van der Waals surface area contributed by atoms with Crippen LogP contribution in [0.2, 0.25) is 0 Å². The van der Waals surface area contributed by atoms with Gasteiger partial charge < -0.3 is 10.4 Å². The second-order valence-electron chi connectivity index (χ2n) is 8.06. The molecule has 1 fully saturated rings. The molecule has 1 amide bonds. The smallest absolute Gasteiger partial charge is 0.380 e. The van der Waals surface area contributed by atoms with Crippen LogP contribution < -0.4 is 5.32 Å². The molecule has 1 unspecified atom stereocenters. The van der Waals surface area contributed by atoms with Crippen molar-refractivity contribution in [1.82, 2.24) is 15.5 Å². The molecule has 4 rings (SSSR count). The zero-order valence-corrected chi connectivity index (χ0v) is 15.2. The summed E-state index contributed by atoms with van der Waals surface area (Å²) in [6.07, 6.45) is -1.85. The van der Waals surface area contributed by atoms with Crippen LogP contribution in [0.15, 0.2) is 36.5 Å². The molecular formula is C20H22F3N3O2. The Labute approximate surface area is 160 Å². The van der Waals surface area contributed by atoms with E-state index in [0.717, 1.165) is 17.7 Å². The minimum Gasteiger partial charge on any atom is -0.380 e. The Bertz CT molecular complexity index is 857. The molecule has 0 spiro atoms. The summed E-state index contributed by atoms with van der Waals surface area (Å²) in [6, 6.07) is 8.79. The quantitative estimate of drug-likeness (QED) is 0.747. The van der Waals surface area contributed by atoms with Crippen LogP contribution in [0.4, 0.5) is 13.2 Å². The highest BCUT2D eigenvalue weighted by molar-refractivity contribution is 5.79. The van der Waals surface area contributed by atoms with E-state index in [9.17, 15) is 23.1 Å². The third-order valence-corrected chi connectivity index (χ3v) is 6.17. The number of aromatic nitrogens is 2. The number of nitrogens with zero attached hydrogens (tertiary/aromatic N) is 1. The topological polar surface area (TPSA) is 78.0 Å². The third kappa shape index (κ3) is 3.19. The van der Waals surface area contributed by atoms with E-state index in [2.05, 4.69) is 15.5 Å². The Kier molecular flexibility index (Phi) is 4.49. The molecule has 2 aromatic rings. The van der Waals surface area contributed by atoms with Crippen LogP contribution in [0, 0.1) is 5.92 Å². The van der Waals surface area contributed by atoms with Gasteiger partial charge in [-0.25, -0.2) is 0 Å². The van der Waals surface area contributed by atoms with Gasteiger partial charge in [0.2, 0.25) is 5.91 Å². The van der Waals surface area contributed by atoms with Crippen LogP contribution in [0.25, 0.3) is 0 Å². The lowest BCUT2D eigenvalue weighted by molar-refractivity contribution is -0.303. The maximum atomic E-state index is 13.2. The maximum Gasteiger partial charge on any atom is 0.417 e. The molecule has 8 heteroatoms. The highest BCUT2D eigenvalue weighted by atomic mass is 19.4. The first kappa shape index (κ1) is 19.0. The Morgan fingerprint density at radius 1 is 1.29 bits per heavy atom. The summed E-state index contributed by atoms with van der Waals surface area (Å²) in [5, 5.41) is 19.7. The Balaban J connectivity index is 1.47. The Morgan fingerprint density at radius 2 is 2.00 bits per heavy atom. The van der Waals surface area contributed by atoms with E-state index in [-0.39, 0.29) is 18.4 Å². The van der Waals surface area contributed by atoms with Crippen molar-refractivity contribution in [1.29, 1.82) is 0 Å². The van der Waals surface area contributed by atoms with E-state index in [1.807, 2.05) is 0 Å². The summed E-state index contributed by atoms with van der Waals surface area (Å²) in [5.74, 6) is -0.402. The van der Waals surface area contributed by atoms with Crippen molar-refractivity contribution in [2.24, 2.45) is 5.92 Å². The van der Waals surface area contributed by atoms with Crippen LogP contribution >= 0.6 is 0 Å². The van der Waals surface area contributed by atoms with Crippen molar-refractivity contribution in [3.8, 4) is 0 Å². The monoisotopic (exact) mass is 393 g/mol. The van der Waals surface area contributed by atoms with Gasteiger partial charge in [0, 0.05) is 30.0 Å². The van der Waals surface area contributed by atoms with Crippen LogP contribution in [0.1, 0.15) is 36.1 Å². The lowest BCUT2D eigenvalue weighted by Gasteiger charge is -2.54. The minimum atomic E-state index is -4.68. The molecule has 0 aliphatic heterocycles. The normalized spacial score (nSPS) is 29.6. The van der Waals surface area contributed by atoms with E-state index >= 15 is 0 Å². The first-order valence-corrected chi connectivity index (χ1v) is 9.36. The molecule has 5 nitrogen and oxygen atoms in total. The number of halogens is 3. The summed E-state index contributed by atoms with van der Waals surface area (Å²) in [4.78, 5) is 12.7. The second kappa shape index (κ2) is 6.62. The number of carbonyl (C=O) groups is 1. The maximum absolute atomic E-state index is 13.2. The number of aliphatic hydroxyl groups is 1. The Morgan fingerprint density at radius 3 is 2.68 bits per heavy atom. The van der Waals surface area contributed by atoms with Crippen LogP contribution in [-0.4, -0.2) is 39.5 Å². The van der Waals surface area contributed by atoms with E-state index < -0.39 is 30.0 Å². The predicted molar refractivity (Wildman–Crippen MR) is 95.5 cm³/mol. The zero-order valence-electron chi connectivity index (χ0n) is 15.2. The largest absolute Gasteiger partial charge is 0.417 e. The summed E-state index contributed by atoms with van der Waals surface area (Å²) >= 11 is 0. The minimum absolute atomic E-state index is 0.0700. The number of alkyl halides is 3. The van der Waals surface area contributed by atoms with Crippen molar-refractivity contribution >= 4 is 5.91 Å². The van der Waals surface area contributed by atoms with Crippen molar-refractivity contribution in [2.75, 3.05) is 6.54 Å². The fourth-order valence-electron chi connectivity index (χ4n) is 4.52. The highest BCUT2D eigenvalue weighted by Crippen LogP contribution is 2.56. The lowest BCUT2D eigenvalue weighted by Crippen LogP contribution is -2.65. The number of hydrogen-bond donors (Lipinski definition) is 3. The number of benzene rings is 1. The van der Waals surface area contributed by atoms with Crippen LogP contribution in [0.5, 0.6) is 0 Å². The number of hydrogen-bond acceptors (Lipinski definition) is 3. The number of rotatable bonds is 4. The molecular weight excluding hydrogens is 371 g/mol. The average Bonchev–Trinajstić information content (AvgIpc) is 3.11. The van der Waals surface area contributed by atoms with Gasteiger partial charge in [-0.15, -0.1) is 0 Å². The van der Waals surface area contributed by atoms with Gasteiger partial charge in [0.15, 0.2) is 5.60 Å². The highest BCUT2D eigenvalue weighted by Gasteiger charge is 2.67. The Hall–Kier alpha value is -2.35. The second-order valence-corrected chi connectivity index (χ2v) is 8.06. The van der Waals surface area contributed by atoms with Gasteiger partial charge in [0.05, 0.1) is 6.20 Å². The first-order valence-electron chi connectivity index (χ1n) is 9.36. The fraction of sp³-hybridized carbons (Fsp3) is 0.500. The summed E-state index contributed by atoms with van der Waals surface area (Å²) in [5.41, 5.74) is -0.875. The number of nitrogens with one attached hydrogen (secondary N) is 2. The van der Waals surface area contributed by atoms with E-state index in [1.165, 1.54) is 0 Å². The van der Waals surface area contributed by atoms with Crippen LogP contribution in [0.3, 0.4) is 0 Å². The van der Waals surface area contributed by atoms with Gasteiger partial charge in [-0.05, 0) is 36.8 Å². The summed E-state index contributed by atoms with van der Waals surface area (Å²) < 4.78 is 39.6. The average molecular weight is 393 g/mol. The van der Waals surface area contributed by atoms with Crippen molar-refractivity contribution < 1.29 is 23.1 Å². The number of aromatic amines is 1. The number of H-pyrrole nitrogens is 1. The summed E-state index contributed by atoms with van der Waals surface area (Å²) in [7, 11) is 0. The van der Waals surface area contributed by atoms with E-state index in [0.29, 0.717) is 18.4 Å². The molecule has 150 valence electrons. The predicted octanol–water partition coefficient (Wildman–Crippen LogP) is 2.66. The molecule has 1 heterocycles. The van der Waals surface area contributed by atoms with Gasteiger partial charge in [-0.3, -0.25) is 9.89 Å². The van der Waals surface area contributed by atoms with Crippen molar-refractivity contribution in [3.05, 3.63) is 53.3 Å². The lowest BCUT2D eigenvalue weighted by atomic mass is 9.55. The summed E-state index contributed by atoms with van der Waals surface area (Å²) in [6.45, 7) is 0.0700. The fourth-order valence-corrected chi connectivity index (χ4v) is 4.52. The molecule has 3 N–H and O–H groups in total. The molecule has 1 atom stereocenters. The molecule has 2 aliphatic carbocycles. The van der Waals surface area contributed by atoms with Gasteiger partial charge >= 0.3 is 6.18 Å². The van der Waals surface area contributed by atoms with Gasteiger partial charge in [-0.2, -0.15) is 18.3 Å². The van der Waals surface area contributed by atoms with E-state index in [4.69, 9.17) is 0 Å². The molecule has 1 saturated carbocycles.